The molecular formula is C24H21N3O. The molecule has 0 radical (unpaired) electrons. The molecule has 3 aromatic carbocycles. The summed E-state index contributed by atoms with van der Waals surface area (Å²) in [5.41, 5.74) is 6.79. The molecule has 0 saturated heterocycles. The Morgan fingerprint density at radius 1 is 0.821 bits per heavy atom. The Kier molecular flexibility index (Phi) is 4.77. The van der Waals surface area contributed by atoms with Crippen molar-refractivity contribution in [2.75, 3.05) is 10.6 Å². The van der Waals surface area contributed by atoms with Gasteiger partial charge in [0.2, 0.25) is 0 Å². The van der Waals surface area contributed by atoms with Gasteiger partial charge in [0.25, 0.3) is 5.91 Å². The van der Waals surface area contributed by atoms with Crippen molar-refractivity contribution >= 4 is 33.9 Å². The monoisotopic (exact) mass is 367 g/mol. The van der Waals surface area contributed by atoms with Crippen LogP contribution in [-0.2, 0) is 0 Å². The number of rotatable bonds is 4. The normalized spacial score (nSPS) is 10.6. The third-order valence-electron chi connectivity index (χ3n) is 4.81. The van der Waals surface area contributed by atoms with Crippen LogP contribution in [0.1, 0.15) is 21.5 Å². The van der Waals surface area contributed by atoms with Crippen molar-refractivity contribution in [2.24, 2.45) is 0 Å². The Morgan fingerprint density at radius 2 is 1.50 bits per heavy atom. The average molecular weight is 367 g/mol. The van der Waals surface area contributed by atoms with Gasteiger partial charge < -0.3 is 10.6 Å². The first-order chi connectivity index (χ1) is 13.6. The molecule has 4 nitrogen and oxygen atoms in total. The Bertz CT molecular complexity index is 1140. The molecule has 0 aliphatic heterocycles. The Labute approximate surface area is 164 Å². The number of amides is 1. The molecule has 0 bridgehead atoms. The van der Waals surface area contributed by atoms with E-state index in [4.69, 9.17) is 0 Å². The van der Waals surface area contributed by atoms with Crippen LogP contribution in [0, 0.1) is 13.8 Å². The molecule has 4 rings (SSSR count). The highest BCUT2D eigenvalue weighted by molar-refractivity contribution is 6.04. The van der Waals surface area contributed by atoms with E-state index in [0.717, 1.165) is 28.0 Å². The van der Waals surface area contributed by atoms with E-state index in [-0.39, 0.29) is 5.91 Å². The molecule has 1 amide bonds. The van der Waals surface area contributed by atoms with E-state index in [1.165, 1.54) is 11.1 Å². The summed E-state index contributed by atoms with van der Waals surface area (Å²) in [6, 6.07) is 23.1. The van der Waals surface area contributed by atoms with Crippen molar-refractivity contribution in [3.8, 4) is 0 Å². The number of nitrogens with zero attached hydrogens (tertiary/aromatic N) is 1. The van der Waals surface area contributed by atoms with Gasteiger partial charge in [-0.05, 0) is 79.6 Å². The van der Waals surface area contributed by atoms with E-state index in [0.29, 0.717) is 5.56 Å². The predicted octanol–water partition coefficient (Wildman–Crippen LogP) is 5.85. The molecule has 138 valence electrons. The average Bonchev–Trinajstić information content (AvgIpc) is 2.71. The van der Waals surface area contributed by atoms with Crippen molar-refractivity contribution in [3.63, 3.8) is 0 Å². The summed E-state index contributed by atoms with van der Waals surface area (Å²) in [4.78, 5) is 16.7. The van der Waals surface area contributed by atoms with Gasteiger partial charge in [-0.1, -0.05) is 18.2 Å². The third kappa shape index (κ3) is 3.71. The Balaban J connectivity index is 1.53. The molecule has 2 N–H and O–H groups in total. The van der Waals surface area contributed by atoms with E-state index in [1.807, 2.05) is 54.7 Å². The maximum Gasteiger partial charge on any atom is 0.255 e. The number of benzene rings is 3. The molecule has 4 aromatic rings. The van der Waals surface area contributed by atoms with Crippen molar-refractivity contribution in [2.45, 2.75) is 13.8 Å². The Hall–Kier alpha value is -3.66. The smallest absolute Gasteiger partial charge is 0.255 e. The molecule has 0 atom stereocenters. The number of hydrogen-bond acceptors (Lipinski definition) is 3. The molecule has 0 saturated carbocycles. The predicted molar refractivity (Wildman–Crippen MR) is 115 cm³/mol. The van der Waals surface area contributed by atoms with E-state index >= 15 is 0 Å². The van der Waals surface area contributed by atoms with Gasteiger partial charge >= 0.3 is 0 Å². The summed E-state index contributed by atoms with van der Waals surface area (Å²) < 4.78 is 0. The number of pyridine rings is 1. The zero-order valence-corrected chi connectivity index (χ0v) is 15.9. The van der Waals surface area contributed by atoms with Crippen molar-refractivity contribution in [1.82, 2.24) is 4.98 Å². The number of hydrogen-bond donors (Lipinski definition) is 2. The summed E-state index contributed by atoms with van der Waals surface area (Å²) >= 11 is 0. The fourth-order valence-electron chi connectivity index (χ4n) is 3.10. The molecule has 0 aliphatic rings. The molecule has 1 heterocycles. The van der Waals surface area contributed by atoms with Crippen LogP contribution in [0.2, 0.25) is 0 Å². The standard InChI is InChI=1S/C24H21N3O/c1-16-14-21-22(12-13-25-23(21)15-17(16)2)26-19-8-10-20(11-9-19)27-24(28)18-6-4-3-5-7-18/h3-15H,1-2H3,(H,25,26)(H,27,28). The van der Waals surface area contributed by atoms with Gasteiger partial charge in [-0.15, -0.1) is 0 Å². The second kappa shape index (κ2) is 7.53. The lowest BCUT2D eigenvalue weighted by molar-refractivity contribution is 0.102. The number of aryl methyl sites for hydroxylation is 2. The van der Waals surface area contributed by atoms with Gasteiger partial charge in [-0.2, -0.15) is 0 Å². The summed E-state index contributed by atoms with van der Waals surface area (Å²) in [5.74, 6) is -0.118. The van der Waals surface area contributed by atoms with Gasteiger partial charge in [0.05, 0.1) is 5.52 Å². The van der Waals surface area contributed by atoms with Crippen molar-refractivity contribution in [1.29, 1.82) is 0 Å². The molecule has 0 aliphatic carbocycles. The Morgan fingerprint density at radius 3 is 2.25 bits per heavy atom. The number of nitrogens with one attached hydrogen (secondary N) is 2. The van der Waals surface area contributed by atoms with Crippen LogP contribution in [-0.4, -0.2) is 10.9 Å². The van der Waals surface area contributed by atoms with Crippen LogP contribution in [0.5, 0.6) is 0 Å². The van der Waals surface area contributed by atoms with E-state index in [1.54, 1.807) is 12.1 Å². The SMILES string of the molecule is Cc1cc2nccc(Nc3ccc(NC(=O)c4ccccc4)cc3)c2cc1C. The summed E-state index contributed by atoms with van der Waals surface area (Å²) in [6.07, 6.45) is 1.81. The molecule has 0 spiro atoms. The van der Waals surface area contributed by atoms with Gasteiger partial charge in [-0.3, -0.25) is 9.78 Å². The summed E-state index contributed by atoms with van der Waals surface area (Å²) in [6.45, 7) is 4.20. The van der Waals surface area contributed by atoms with Crippen LogP contribution >= 0.6 is 0 Å². The van der Waals surface area contributed by atoms with E-state index < -0.39 is 0 Å². The highest BCUT2D eigenvalue weighted by atomic mass is 16.1. The van der Waals surface area contributed by atoms with Crippen LogP contribution in [0.15, 0.2) is 79.0 Å². The first-order valence-corrected chi connectivity index (χ1v) is 9.19. The fourth-order valence-corrected chi connectivity index (χ4v) is 3.10. The molecular weight excluding hydrogens is 346 g/mol. The topological polar surface area (TPSA) is 54.0 Å². The van der Waals surface area contributed by atoms with E-state index in [9.17, 15) is 4.79 Å². The van der Waals surface area contributed by atoms with Gasteiger partial charge in [-0.25, -0.2) is 0 Å². The number of carbonyl (C=O) groups is 1. The number of carbonyl (C=O) groups excluding carboxylic acids is 1. The van der Waals surface area contributed by atoms with Crippen LogP contribution in [0.3, 0.4) is 0 Å². The molecule has 28 heavy (non-hydrogen) atoms. The zero-order chi connectivity index (χ0) is 19.5. The quantitative estimate of drug-likeness (QED) is 0.476. The van der Waals surface area contributed by atoms with Crippen molar-refractivity contribution in [3.05, 3.63) is 95.7 Å². The second-order valence-electron chi connectivity index (χ2n) is 6.83. The van der Waals surface area contributed by atoms with Gasteiger partial charge in [0.1, 0.15) is 0 Å². The zero-order valence-electron chi connectivity index (χ0n) is 15.9. The highest BCUT2D eigenvalue weighted by Crippen LogP contribution is 2.28. The first kappa shape index (κ1) is 17.7. The third-order valence-corrected chi connectivity index (χ3v) is 4.81. The highest BCUT2D eigenvalue weighted by Gasteiger charge is 2.07. The lowest BCUT2D eigenvalue weighted by atomic mass is 10.1. The minimum Gasteiger partial charge on any atom is -0.355 e. The van der Waals surface area contributed by atoms with Gasteiger partial charge in [0, 0.05) is 34.2 Å². The lowest BCUT2D eigenvalue weighted by Gasteiger charge is -2.12. The summed E-state index contributed by atoms with van der Waals surface area (Å²) in [7, 11) is 0. The molecule has 4 heteroatoms. The van der Waals surface area contributed by atoms with Gasteiger partial charge in [0.15, 0.2) is 0 Å². The molecule has 0 unspecified atom stereocenters. The first-order valence-electron chi connectivity index (χ1n) is 9.19. The van der Waals surface area contributed by atoms with E-state index in [2.05, 4.69) is 41.6 Å². The lowest BCUT2D eigenvalue weighted by Crippen LogP contribution is -2.11. The molecule has 0 fully saturated rings. The van der Waals surface area contributed by atoms with Crippen LogP contribution in [0.25, 0.3) is 10.9 Å². The van der Waals surface area contributed by atoms with Crippen molar-refractivity contribution < 1.29 is 4.79 Å². The largest absolute Gasteiger partial charge is 0.355 e. The number of anilines is 3. The number of fused-ring (bicyclic) bond motifs is 1. The summed E-state index contributed by atoms with van der Waals surface area (Å²) in [5, 5.41) is 7.46. The number of aromatic nitrogens is 1. The minimum atomic E-state index is -0.118. The molecule has 1 aromatic heterocycles. The fraction of sp³-hybridized carbons (Fsp3) is 0.0833. The minimum absolute atomic E-state index is 0.118. The maximum absolute atomic E-state index is 12.3. The maximum atomic E-state index is 12.3. The second-order valence-corrected chi connectivity index (χ2v) is 6.83. The van der Waals surface area contributed by atoms with Crippen LogP contribution < -0.4 is 10.6 Å². The van der Waals surface area contributed by atoms with Crippen LogP contribution in [0.4, 0.5) is 17.1 Å².